The van der Waals surface area contributed by atoms with E-state index in [2.05, 4.69) is 5.32 Å². The first-order chi connectivity index (χ1) is 3.66. The van der Waals surface area contributed by atoms with Crippen LogP contribution >= 0.6 is 0 Å². The van der Waals surface area contributed by atoms with Crippen LogP contribution in [0.1, 0.15) is 1.43 Å². The highest BCUT2D eigenvalue weighted by molar-refractivity contribution is 5.77. The maximum atomic E-state index is 10.5. The Morgan fingerprint density at radius 2 is 2.25 bits per heavy atom. The van der Waals surface area contributed by atoms with E-state index in [1.807, 2.05) is 19.0 Å². The molecule has 1 N–H and O–H groups in total. The minimum Gasteiger partial charge on any atom is -0.358 e. The number of carbonyl (C=O) groups is 1. The van der Waals surface area contributed by atoms with Gasteiger partial charge in [0.1, 0.15) is 0 Å². The highest BCUT2D eigenvalue weighted by Gasteiger charge is 1.96. The van der Waals surface area contributed by atoms with Gasteiger partial charge in [0, 0.05) is 8.47 Å². The van der Waals surface area contributed by atoms with Crippen molar-refractivity contribution in [3.8, 4) is 0 Å². The van der Waals surface area contributed by atoms with Crippen LogP contribution in [0.3, 0.4) is 0 Å². The summed E-state index contributed by atoms with van der Waals surface area (Å²) in [4.78, 5) is 12.3. The molecule has 3 heteroatoms. The van der Waals surface area contributed by atoms with Crippen LogP contribution in [-0.4, -0.2) is 38.5 Å². The molecule has 8 heavy (non-hydrogen) atoms. The number of nitrogens with zero attached hydrogens (tertiary/aromatic N) is 1. The third kappa shape index (κ3) is 3.61. The molecule has 0 bridgehead atoms. The second-order valence-corrected chi connectivity index (χ2v) is 1.91. The lowest BCUT2D eigenvalue weighted by molar-refractivity contribution is -0.121. The molecule has 0 heterocycles. The lowest BCUT2D eigenvalue weighted by Gasteiger charge is -2.05. The topological polar surface area (TPSA) is 32.3 Å². The van der Waals surface area contributed by atoms with Crippen molar-refractivity contribution in [3.63, 3.8) is 0 Å². The summed E-state index contributed by atoms with van der Waals surface area (Å²) in [6.07, 6.45) is 0. The van der Waals surface area contributed by atoms with Crippen LogP contribution in [0.4, 0.5) is 0 Å². The molecule has 3 nitrogen and oxygen atoms in total. The minimum absolute atomic E-state index is 0. The van der Waals surface area contributed by atoms with Crippen LogP contribution < -0.4 is 5.32 Å². The minimum atomic E-state index is 0. The summed E-state index contributed by atoms with van der Waals surface area (Å²) in [5, 5.41) is 2.52. The smallest absolute Gasteiger partial charge is 0.233 e. The van der Waals surface area contributed by atoms with Gasteiger partial charge >= 0.3 is 0 Å². The van der Waals surface area contributed by atoms with Crippen LogP contribution in [0.5, 0.6) is 0 Å². The molecule has 0 fully saturated rings. The summed E-state index contributed by atoms with van der Waals surface area (Å²) in [6.45, 7) is 0.469. The molecule has 0 rings (SSSR count). The second kappa shape index (κ2) is 3.43. The molecule has 0 unspecified atom stereocenters. The molecule has 0 saturated heterocycles. The number of hydrogen-bond donors (Lipinski definition) is 1. The van der Waals surface area contributed by atoms with Crippen LogP contribution in [0.2, 0.25) is 0 Å². The average molecular weight is 118 g/mol. The Balaban J connectivity index is 0. The number of likely N-dealkylation sites (N-methyl/N-ethyl adjacent to an activating group) is 2. The summed E-state index contributed by atoms with van der Waals surface area (Å²) in [6, 6.07) is 0. The number of amides is 1. The predicted octanol–water partition coefficient (Wildman–Crippen LogP) is -0.460. The Morgan fingerprint density at radius 3 is 2.38 bits per heavy atom. The number of rotatable bonds is 2. The van der Waals surface area contributed by atoms with E-state index in [-0.39, 0.29) is 7.33 Å². The van der Waals surface area contributed by atoms with Crippen molar-refractivity contribution in [2.75, 3.05) is 27.7 Å². The van der Waals surface area contributed by atoms with Crippen molar-refractivity contribution in [1.29, 1.82) is 0 Å². The van der Waals surface area contributed by atoms with E-state index < -0.39 is 0 Å². The van der Waals surface area contributed by atoms with Gasteiger partial charge in [-0.05, 0) is 14.1 Å². The number of carbonyl (C=O) groups excluding carboxylic acids is 1. The molecule has 50 valence electrons. The molecule has 0 aromatic rings. The van der Waals surface area contributed by atoms with Crippen molar-refractivity contribution in [2.45, 2.75) is 0 Å². The molecule has 0 saturated carbocycles. The van der Waals surface area contributed by atoms with Crippen molar-refractivity contribution in [1.82, 2.24) is 10.2 Å². The molecular weight excluding hydrogens is 104 g/mol. The third-order valence-electron chi connectivity index (χ3n) is 0.739. The van der Waals surface area contributed by atoms with Gasteiger partial charge in [-0.1, -0.05) is 0 Å². The van der Waals surface area contributed by atoms with Gasteiger partial charge in [-0.15, -0.1) is 0 Å². The molecule has 0 aromatic carbocycles. The van der Waals surface area contributed by atoms with E-state index in [1.54, 1.807) is 7.05 Å². The fraction of sp³-hybridized carbons (Fsp3) is 0.800. The van der Waals surface area contributed by atoms with E-state index >= 15 is 0 Å². The zero-order valence-corrected chi connectivity index (χ0v) is 5.56. The Bertz CT molecular complexity index is 85.0. The zero-order valence-electron chi connectivity index (χ0n) is 5.56. The molecule has 1 amide bonds. The lowest BCUT2D eigenvalue weighted by atomic mass is 10.5. The third-order valence-corrected chi connectivity index (χ3v) is 0.739. The van der Waals surface area contributed by atoms with E-state index in [4.69, 9.17) is 0 Å². The van der Waals surface area contributed by atoms with Gasteiger partial charge in [0.2, 0.25) is 5.91 Å². The highest BCUT2D eigenvalue weighted by Crippen LogP contribution is 1.70. The molecular formula is C5H14N2O. The molecule has 0 spiro atoms. The van der Waals surface area contributed by atoms with Crippen molar-refractivity contribution in [3.05, 3.63) is 0 Å². The summed E-state index contributed by atoms with van der Waals surface area (Å²) < 4.78 is 0. The largest absolute Gasteiger partial charge is 0.358 e. The van der Waals surface area contributed by atoms with E-state index in [0.29, 0.717) is 6.54 Å². The molecule has 0 aliphatic carbocycles. The summed E-state index contributed by atoms with van der Waals surface area (Å²) >= 11 is 0. The van der Waals surface area contributed by atoms with E-state index in [1.165, 1.54) is 0 Å². The molecule has 0 aromatic heterocycles. The number of hydrogen-bond acceptors (Lipinski definition) is 2. The monoisotopic (exact) mass is 118 g/mol. The normalized spacial score (nSPS) is 9.50. The second-order valence-electron chi connectivity index (χ2n) is 1.91. The predicted molar refractivity (Wildman–Crippen MR) is 34.7 cm³/mol. The van der Waals surface area contributed by atoms with Gasteiger partial charge in [-0.25, -0.2) is 0 Å². The molecule has 0 atom stereocenters. The van der Waals surface area contributed by atoms with Crippen molar-refractivity contribution in [2.24, 2.45) is 0 Å². The maximum Gasteiger partial charge on any atom is 0.233 e. The van der Waals surface area contributed by atoms with Crippen molar-refractivity contribution >= 4 is 5.91 Å². The quantitative estimate of drug-likeness (QED) is 0.532. The first-order valence-electron chi connectivity index (χ1n) is 2.52. The molecule has 0 aliphatic rings. The molecule has 0 radical (unpaired) electrons. The van der Waals surface area contributed by atoms with Crippen LogP contribution in [0.15, 0.2) is 0 Å². The fourth-order valence-electron chi connectivity index (χ4n) is 0.366. The SMILES string of the molecule is CNC(=O)CN(C)C.[HH]. The van der Waals surface area contributed by atoms with Gasteiger partial charge in [-0.2, -0.15) is 0 Å². The highest BCUT2D eigenvalue weighted by atomic mass is 16.1. The Morgan fingerprint density at radius 1 is 1.75 bits per heavy atom. The Labute approximate surface area is 51.2 Å². The zero-order chi connectivity index (χ0) is 6.57. The summed E-state index contributed by atoms with van der Waals surface area (Å²) in [5.41, 5.74) is 0. The van der Waals surface area contributed by atoms with Crippen molar-refractivity contribution < 1.29 is 6.22 Å². The van der Waals surface area contributed by atoms with E-state index in [9.17, 15) is 4.79 Å². The fourth-order valence-corrected chi connectivity index (χ4v) is 0.366. The maximum absolute atomic E-state index is 10.5. The van der Waals surface area contributed by atoms with Gasteiger partial charge in [0.25, 0.3) is 0 Å². The van der Waals surface area contributed by atoms with Crippen LogP contribution in [0.25, 0.3) is 0 Å². The van der Waals surface area contributed by atoms with E-state index in [0.717, 1.165) is 0 Å². The Kier molecular flexibility index (Phi) is 3.19. The summed E-state index contributed by atoms with van der Waals surface area (Å²) in [5.74, 6) is 0.0509. The lowest BCUT2D eigenvalue weighted by Crippen LogP contribution is -2.30. The van der Waals surface area contributed by atoms with Gasteiger partial charge < -0.3 is 10.2 Å². The first kappa shape index (κ1) is 7.43. The number of nitrogens with one attached hydrogen (secondary N) is 1. The van der Waals surface area contributed by atoms with Gasteiger partial charge in [0.15, 0.2) is 0 Å². The average Bonchev–Trinajstić information content (AvgIpc) is 1.65. The standard InChI is InChI=1S/C5H12N2O.H2/c1-6-5(8)4-7(2)3;/h4H2,1-3H3,(H,6,8);1H. The van der Waals surface area contributed by atoms with Gasteiger partial charge in [0.05, 0.1) is 6.54 Å². The Hall–Kier alpha value is -0.570. The van der Waals surface area contributed by atoms with Crippen LogP contribution in [0, 0.1) is 0 Å². The first-order valence-corrected chi connectivity index (χ1v) is 2.52. The molecule has 0 aliphatic heterocycles. The van der Waals surface area contributed by atoms with Crippen LogP contribution in [-0.2, 0) is 4.79 Å². The van der Waals surface area contributed by atoms with Gasteiger partial charge in [-0.3, -0.25) is 4.79 Å². The summed E-state index contributed by atoms with van der Waals surface area (Å²) in [7, 11) is 5.34.